The summed E-state index contributed by atoms with van der Waals surface area (Å²) in [5.41, 5.74) is 0.549. The van der Waals surface area contributed by atoms with Gasteiger partial charge in [0.05, 0.1) is 17.2 Å². The molecule has 1 aromatic rings. The Hall–Kier alpha value is -1.42. The van der Waals surface area contributed by atoms with Gasteiger partial charge in [0.25, 0.3) is 10.1 Å². The number of rotatable bonds is 4. The lowest BCUT2D eigenvalue weighted by Crippen LogP contribution is -2.43. The highest BCUT2D eigenvalue weighted by Crippen LogP contribution is 2.34. The molecule has 1 N–H and O–H groups in total. The minimum absolute atomic E-state index is 0.252. The van der Waals surface area contributed by atoms with Gasteiger partial charge in [-0.15, -0.1) is 0 Å². The summed E-state index contributed by atoms with van der Waals surface area (Å²) in [5.74, 6) is -0.252. The molecule has 6 heteroatoms. The number of hydrogen-bond donors (Lipinski definition) is 1. The van der Waals surface area contributed by atoms with E-state index in [9.17, 15) is 13.7 Å². The van der Waals surface area contributed by atoms with Gasteiger partial charge in [-0.3, -0.25) is 4.55 Å². The summed E-state index contributed by atoms with van der Waals surface area (Å²) in [6.07, 6.45) is 1.36. The zero-order valence-corrected chi connectivity index (χ0v) is 12.0. The Morgan fingerprint density at radius 1 is 1.25 bits per heavy atom. The van der Waals surface area contributed by atoms with Crippen LogP contribution >= 0.6 is 0 Å². The van der Waals surface area contributed by atoms with E-state index < -0.39 is 15.5 Å². The van der Waals surface area contributed by atoms with E-state index in [0.717, 1.165) is 5.56 Å². The molecule has 0 radical (unpaired) electrons. The van der Waals surface area contributed by atoms with Crippen LogP contribution in [0.3, 0.4) is 0 Å². The normalized spacial score (nSPS) is 19.4. The Kier molecular flexibility index (Phi) is 4.43. The molecule has 1 fully saturated rings. The van der Waals surface area contributed by atoms with Crippen LogP contribution < -0.4 is 0 Å². The molecule has 20 heavy (non-hydrogen) atoms. The highest BCUT2D eigenvalue weighted by Gasteiger charge is 2.36. The number of nitriles is 1. The summed E-state index contributed by atoms with van der Waals surface area (Å²) < 4.78 is 30.3. The summed E-state index contributed by atoms with van der Waals surface area (Å²) in [4.78, 5) is 1.98. The van der Waals surface area contributed by atoms with Crippen LogP contribution in [0.15, 0.2) is 30.3 Å². The van der Waals surface area contributed by atoms with Gasteiger partial charge >= 0.3 is 0 Å². The molecule has 0 amide bonds. The van der Waals surface area contributed by atoms with Gasteiger partial charge in [-0.2, -0.15) is 13.7 Å². The zero-order chi connectivity index (χ0) is 14.6. The van der Waals surface area contributed by atoms with Crippen molar-refractivity contribution in [3.05, 3.63) is 35.9 Å². The maximum absolute atomic E-state index is 10.8. The van der Waals surface area contributed by atoms with Gasteiger partial charge in [0, 0.05) is 19.6 Å². The summed E-state index contributed by atoms with van der Waals surface area (Å²) in [6.45, 7) is 1.64. The van der Waals surface area contributed by atoms with Crippen molar-refractivity contribution >= 4 is 10.1 Å². The zero-order valence-electron chi connectivity index (χ0n) is 11.2. The average molecular weight is 294 g/mol. The Balaban J connectivity index is 2.01. The number of likely N-dealkylation sites (tertiary alicyclic amines) is 1. The van der Waals surface area contributed by atoms with Crippen molar-refractivity contribution in [1.29, 1.82) is 5.26 Å². The van der Waals surface area contributed by atoms with Crippen LogP contribution in [0.5, 0.6) is 0 Å². The molecule has 5 nitrogen and oxygen atoms in total. The van der Waals surface area contributed by atoms with Gasteiger partial charge in [-0.25, -0.2) is 0 Å². The van der Waals surface area contributed by atoms with Crippen LogP contribution in [0, 0.1) is 11.3 Å². The first kappa shape index (κ1) is 15.0. The van der Waals surface area contributed by atoms with Crippen molar-refractivity contribution in [2.24, 2.45) is 0 Å². The van der Waals surface area contributed by atoms with E-state index in [2.05, 4.69) is 6.07 Å². The van der Waals surface area contributed by atoms with E-state index in [4.69, 9.17) is 4.55 Å². The summed E-state index contributed by atoms with van der Waals surface area (Å²) >= 11 is 0. The molecular formula is C14H18N2O3S. The van der Waals surface area contributed by atoms with Gasteiger partial charge in [-0.05, 0) is 18.4 Å². The lowest BCUT2D eigenvalue weighted by Gasteiger charge is -2.37. The molecular weight excluding hydrogens is 276 g/mol. The van der Waals surface area contributed by atoms with E-state index in [-0.39, 0.29) is 5.75 Å². The number of piperidine rings is 1. The summed E-state index contributed by atoms with van der Waals surface area (Å²) in [6, 6.07) is 12.2. The molecule has 1 saturated heterocycles. The monoisotopic (exact) mass is 294 g/mol. The summed E-state index contributed by atoms with van der Waals surface area (Å²) in [7, 11) is -3.92. The third kappa shape index (κ3) is 3.57. The van der Waals surface area contributed by atoms with Crippen LogP contribution in [-0.2, 0) is 15.5 Å². The lowest BCUT2D eigenvalue weighted by molar-refractivity contribution is 0.194. The predicted octanol–water partition coefficient (Wildman–Crippen LogP) is 1.43. The molecule has 2 rings (SSSR count). The number of benzene rings is 1. The van der Waals surface area contributed by atoms with Crippen LogP contribution in [0.4, 0.5) is 0 Å². The SMILES string of the molecule is N#CC1(c2ccccc2)CCN(CCS(=O)(=O)O)CC1. The van der Waals surface area contributed by atoms with Crippen molar-refractivity contribution in [2.45, 2.75) is 18.3 Å². The third-order valence-corrected chi connectivity index (χ3v) is 4.61. The lowest BCUT2D eigenvalue weighted by atomic mass is 9.74. The van der Waals surface area contributed by atoms with E-state index >= 15 is 0 Å². The first-order chi connectivity index (χ1) is 9.45. The van der Waals surface area contributed by atoms with E-state index in [1.165, 1.54) is 0 Å². The number of nitrogens with zero attached hydrogens (tertiary/aromatic N) is 2. The smallest absolute Gasteiger partial charge is 0.266 e. The topological polar surface area (TPSA) is 81.4 Å². The first-order valence-electron chi connectivity index (χ1n) is 6.59. The van der Waals surface area contributed by atoms with Crippen molar-refractivity contribution in [1.82, 2.24) is 4.90 Å². The largest absolute Gasteiger partial charge is 0.302 e. The van der Waals surface area contributed by atoms with Crippen LogP contribution in [-0.4, -0.2) is 43.3 Å². The van der Waals surface area contributed by atoms with E-state index in [1.807, 2.05) is 35.2 Å². The number of hydrogen-bond acceptors (Lipinski definition) is 4. The summed E-state index contributed by atoms with van der Waals surface area (Å²) in [5, 5.41) is 9.54. The van der Waals surface area contributed by atoms with E-state index in [1.54, 1.807) is 0 Å². The highest BCUT2D eigenvalue weighted by molar-refractivity contribution is 7.85. The molecule has 0 spiro atoms. The molecule has 0 atom stereocenters. The second kappa shape index (κ2) is 5.92. The fraction of sp³-hybridized carbons (Fsp3) is 0.500. The maximum atomic E-state index is 10.8. The van der Waals surface area contributed by atoms with E-state index in [0.29, 0.717) is 32.5 Å². The van der Waals surface area contributed by atoms with Gasteiger partial charge in [0.1, 0.15) is 0 Å². The molecule has 0 bridgehead atoms. The quantitative estimate of drug-likeness (QED) is 0.850. The van der Waals surface area contributed by atoms with Crippen molar-refractivity contribution in [2.75, 3.05) is 25.4 Å². The molecule has 1 aromatic carbocycles. The minimum atomic E-state index is -3.92. The van der Waals surface area contributed by atoms with Crippen LogP contribution in [0.25, 0.3) is 0 Å². The Morgan fingerprint density at radius 2 is 1.85 bits per heavy atom. The fourth-order valence-corrected chi connectivity index (χ4v) is 3.11. The molecule has 108 valence electrons. The van der Waals surface area contributed by atoms with Crippen LogP contribution in [0.1, 0.15) is 18.4 Å². The Bertz CT molecular complexity index is 585. The molecule has 1 aliphatic heterocycles. The second-order valence-electron chi connectivity index (χ2n) is 5.19. The van der Waals surface area contributed by atoms with Gasteiger partial charge in [0.15, 0.2) is 0 Å². The van der Waals surface area contributed by atoms with Gasteiger partial charge < -0.3 is 4.90 Å². The second-order valence-corrected chi connectivity index (χ2v) is 6.76. The van der Waals surface area contributed by atoms with Crippen molar-refractivity contribution < 1.29 is 13.0 Å². The Morgan fingerprint density at radius 3 is 2.35 bits per heavy atom. The standard InChI is InChI=1S/C14H18N2O3S/c15-12-14(13-4-2-1-3-5-13)6-8-16(9-7-14)10-11-20(17,18)19/h1-5H,6-11H2,(H,17,18,19). The van der Waals surface area contributed by atoms with Crippen molar-refractivity contribution in [3.8, 4) is 6.07 Å². The Labute approximate surface area is 119 Å². The predicted molar refractivity (Wildman–Crippen MR) is 75.8 cm³/mol. The molecule has 0 saturated carbocycles. The first-order valence-corrected chi connectivity index (χ1v) is 8.20. The molecule has 1 heterocycles. The average Bonchev–Trinajstić information content (AvgIpc) is 2.46. The molecule has 1 aliphatic rings. The van der Waals surface area contributed by atoms with Crippen LogP contribution in [0.2, 0.25) is 0 Å². The molecule has 0 unspecified atom stereocenters. The molecule has 0 aromatic heterocycles. The minimum Gasteiger partial charge on any atom is -0.302 e. The third-order valence-electron chi connectivity index (χ3n) is 3.92. The van der Waals surface area contributed by atoms with Crippen molar-refractivity contribution in [3.63, 3.8) is 0 Å². The van der Waals surface area contributed by atoms with Gasteiger partial charge in [0.2, 0.25) is 0 Å². The highest BCUT2D eigenvalue weighted by atomic mass is 32.2. The maximum Gasteiger partial charge on any atom is 0.266 e. The molecule has 0 aliphatic carbocycles. The fourth-order valence-electron chi connectivity index (χ4n) is 2.63. The van der Waals surface area contributed by atoms with Gasteiger partial charge in [-0.1, -0.05) is 30.3 Å².